The molecule has 0 saturated carbocycles. The van der Waals surface area contributed by atoms with Crippen molar-refractivity contribution < 1.29 is 9.53 Å². The maximum Gasteiger partial charge on any atom is 0.234 e. The van der Waals surface area contributed by atoms with Gasteiger partial charge in [-0.3, -0.25) is 14.7 Å². The molecule has 3 heterocycles. The Labute approximate surface area is 206 Å². The van der Waals surface area contributed by atoms with Crippen LogP contribution in [0.4, 0.5) is 5.13 Å². The summed E-state index contributed by atoms with van der Waals surface area (Å²) in [6.07, 6.45) is 3.45. The van der Waals surface area contributed by atoms with E-state index in [0.29, 0.717) is 19.7 Å². The summed E-state index contributed by atoms with van der Waals surface area (Å²) in [5, 5.41) is 9.68. The molecule has 0 aromatic carbocycles. The van der Waals surface area contributed by atoms with E-state index in [0.717, 1.165) is 69.0 Å². The molecule has 0 aliphatic carbocycles. The van der Waals surface area contributed by atoms with Crippen molar-refractivity contribution in [3.63, 3.8) is 0 Å². The number of hydrogen-bond donors (Lipinski definition) is 2. The Morgan fingerprint density at radius 2 is 1.90 bits per heavy atom. The molecule has 0 unspecified atom stereocenters. The normalized spacial score (nSPS) is 17.5. The molecule has 3 rings (SSSR count). The van der Waals surface area contributed by atoms with E-state index in [-0.39, 0.29) is 29.9 Å². The Bertz CT molecular complexity index is 689. The molecule has 1 amide bonds. The number of methoxy groups -OCH3 is 1. The Hall–Kier alpha value is -1.18. The van der Waals surface area contributed by atoms with Crippen molar-refractivity contribution in [3.05, 3.63) is 11.1 Å². The van der Waals surface area contributed by atoms with Gasteiger partial charge >= 0.3 is 0 Å². The first-order valence-electron chi connectivity index (χ1n) is 10.8. The van der Waals surface area contributed by atoms with Crippen LogP contribution in [0.1, 0.15) is 18.5 Å². The zero-order valence-electron chi connectivity index (χ0n) is 18.6. The van der Waals surface area contributed by atoms with Crippen molar-refractivity contribution in [3.8, 4) is 0 Å². The largest absolute Gasteiger partial charge is 0.383 e. The molecule has 11 heteroatoms. The summed E-state index contributed by atoms with van der Waals surface area (Å²) in [4.78, 5) is 28.0. The molecule has 2 saturated heterocycles. The van der Waals surface area contributed by atoms with Gasteiger partial charge in [-0.05, 0) is 12.8 Å². The number of amides is 1. The Morgan fingerprint density at radius 1 is 1.16 bits per heavy atom. The van der Waals surface area contributed by atoms with Gasteiger partial charge in [0.25, 0.3) is 0 Å². The minimum atomic E-state index is 0. The highest BCUT2D eigenvalue weighted by Crippen LogP contribution is 2.24. The Morgan fingerprint density at radius 3 is 2.58 bits per heavy atom. The van der Waals surface area contributed by atoms with E-state index in [1.54, 1.807) is 18.4 Å². The van der Waals surface area contributed by atoms with Crippen LogP contribution in [0.15, 0.2) is 10.4 Å². The lowest BCUT2D eigenvalue weighted by molar-refractivity contribution is -0.122. The Kier molecular flexibility index (Phi) is 11.8. The van der Waals surface area contributed by atoms with Gasteiger partial charge in [-0.15, -0.1) is 35.3 Å². The van der Waals surface area contributed by atoms with Crippen LogP contribution in [0.2, 0.25) is 0 Å². The number of rotatable bonds is 9. The molecule has 0 bridgehead atoms. The van der Waals surface area contributed by atoms with Crippen molar-refractivity contribution in [2.75, 3.05) is 84.6 Å². The van der Waals surface area contributed by atoms with Gasteiger partial charge in [-0.25, -0.2) is 4.98 Å². The van der Waals surface area contributed by atoms with E-state index in [4.69, 9.17) is 9.72 Å². The van der Waals surface area contributed by atoms with Gasteiger partial charge in [-0.1, -0.05) is 0 Å². The number of piperazine rings is 1. The van der Waals surface area contributed by atoms with Gasteiger partial charge < -0.3 is 25.2 Å². The second-order valence-electron chi connectivity index (χ2n) is 7.65. The third-order valence-corrected chi connectivity index (χ3v) is 6.41. The van der Waals surface area contributed by atoms with Crippen LogP contribution in [0.3, 0.4) is 0 Å². The average molecular weight is 566 g/mol. The molecule has 0 atom stereocenters. The third kappa shape index (κ3) is 8.35. The molecule has 1 aromatic heterocycles. The van der Waals surface area contributed by atoms with Crippen molar-refractivity contribution in [1.82, 2.24) is 25.4 Å². The van der Waals surface area contributed by atoms with Crippen molar-refractivity contribution in [2.24, 2.45) is 4.99 Å². The van der Waals surface area contributed by atoms with E-state index >= 15 is 0 Å². The van der Waals surface area contributed by atoms with E-state index < -0.39 is 0 Å². The first-order chi connectivity index (χ1) is 14.7. The fourth-order valence-corrected chi connectivity index (χ4v) is 4.68. The maximum atomic E-state index is 12.0. The zero-order chi connectivity index (χ0) is 21.2. The summed E-state index contributed by atoms with van der Waals surface area (Å²) in [5.41, 5.74) is 1.15. The molecule has 2 N–H and O–H groups in total. The molecule has 2 fully saturated rings. The second kappa shape index (κ2) is 14.1. The van der Waals surface area contributed by atoms with Gasteiger partial charge in [0.15, 0.2) is 11.1 Å². The number of aromatic nitrogens is 1. The summed E-state index contributed by atoms with van der Waals surface area (Å²) in [5.74, 6) is 0.980. The van der Waals surface area contributed by atoms with Crippen LogP contribution >= 0.6 is 35.3 Å². The number of nitrogens with zero attached hydrogens (tertiary/aromatic N) is 5. The van der Waals surface area contributed by atoms with Gasteiger partial charge in [0.2, 0.25) is 5.91 Å². The van der Waals surface area contributed by atoms with Gasteiger partial charge in [0.05, 0.1) is 18.8 Å². The van der Waals surface area contributed by atoms with Crippen molar-refractivity contribution >= 4 is 52.3 Å². The predicted octanol–water partition coefficient (Wildman–Crippen LogP) is 0.859. The standard InChI is InChI=1S/C20H35N7O2S.HI/c1-21-19(23-6-5-17-16-30-20(24-17)27-8-3-4-9-27)26-12-10-25(11-13-26)15-18(28)22-7-14-29-2;/h16H,3-15H2,1-2H3,(H,21,23)(H,22,28);1H. The highest BCUT2D eigenvalue weighted by atomic mass is 127. The fourth-order valence-electron chi connectivity index (χ4n) is 3.77. The summed E-state index contributed by atoms with van der Waals surface area (Å²) in [7, 11) is 3.46. The van der Waals surface area contributed by atoms with Crippen LogP contribution in [-0.4, -0.2) is 106 Å². The smallest absolute Gasteiger partial charge is 0.234 e. The second-order valence-corrected chi connectivity index (χ2v) is 8.48. The van der Waals surface area contributed by atoms with E-state index in [9.17, 15) is 4.79 Å². The lowest BCUT2D eigenvalue weighted by Crippen LogP contribution is -2.54. The molecular formula is C20H36IN7O2S. The predicted molar refractivity (Wildman–Crippen MR) is 137 cm³/mol. The van der Waals surface area contributed by atoms with Crippen LogP contribution in [-0.2, 0) is 16.0 Å². The number of guanidine groups is 1. The number of thiazole rings is 1. The van der Waals surface area contributed by atoms with Gasteiger partial charge in [0.1, 0.15) is 0 Å². The van der Waals surface area contributed by atoms with Gasteiger partial charge in [0, 0.05) is 78.3 Å². The molecule has 1 aromatic rings. The summed E-state index contributed by atoms with van der Waals surface area (Å²) < 4.78 is 4.96. The van der Waals surface area contributed by atoms with Crippen LogP contribution in [0.5, 0.6) is 0 Å². The third-order valence-electron chi connectivity index (χ3n) is 5.46. The highest BCUT2D eigenvalue weighted by molar-refractivity contribution is 14.0. The topological polar surface area (TPSA) is 85.3 Å². The van der Waals surface area contributed by atoms with Gasteiger partial charge in [-0.2, -0.15) is 0 Å². The minimum Gasteiger partial charge on any atom is -0.383 e. The van der Waals surface area contributed by atoms with Crippen molar-refractivity contribution in [2.45, 2.75) is 19.3 Å². The summed E-state index contributed by atoms with van der Waals surface area (Å²) in [6, 6.07) is 0. The number of ether oxygens (including phenoxy) is 1. The van der Waals surface area contributed by atoms with Crippen LogP contribution in [0, 0.1) is 0 Å². The first kappa shape index (κ1) is 26.1. The summed E-state index contributed by atoms with van der Waals surface area (Å²) >= 11 is 1.75. The zero-order valence-corrected chi connectivity index (χ0v) is 21.8. The van der Waals surface area contributed by atoms with E-state index in [1.165, 1.54) is 12.8 Å². The monoisotopic (exact) mass is 565 g/mol. The van der Waals surface area contributed by atoms with Crippen LogP contribution < -0.4 is 15.5 Å². The molecule has 2 aliphatic heterocycles. The summed E-state index contributed by atoms with van der Waals surface area (Å²) in [6.45, 7) is 8.06. The Balaban J connectivity index is 0.00000341. The van der Waals surface area contributed by atoms with Crippen LogP contribution in [0.25, 0.3) is 0 Å². The van der Waals surface area contributed by atoms with Crippen molar-refractivity contribution in [1.29, 1.82) is 0 Å². The number of carbonyl (C=O) groups excluding carboxylic acids is 1. The van der Waals surface area contributed by atoms with E-state index in [1.807, 2.05) is 7.05 Å². The SMILES string of the molecule is CN=C(NCCc1csc(N2CCCC2)n1)N1CCN(CC(=O)NCCOC)CC1.I. The molecule has 176 valence electrons. The number of carbonyl (C=O) groups is 1. The number of aliphatic imine (C=N–C) groups is 1. The molecule has 2 aliphatic rings. The quantitative estimate of drug-likeness (QED) is 0.199. The minimum absolute atomic E-state index is 0. The number of nitrogens with one attached hydrogen (secondary N) is 2. The average Bonchev–Trinajstić information content (AvgIpc) is 3.44. The number of anilines is 1. The number of halogens is 1. The molecule has 0 spiro atoms. The highest BCUT2D eigenvalue weighted by Gasteiger charge is 2.21. The molecule has 31 heavy (non-hydrogen) atoms. The first-order valence-corrected chi connectivity index (χ1v) is 11.7. The lowest BCUT2D eigenvalue weighted by atomic mass is 10.3. The lowest BCUT2D eigenvalue weighted by Gasteiger charge is -2.36. The molecule has 9 nitrogen and oxygen atoms in total. The molecule has 0 radical (unpaired) electrons. The number of hydrogen-bond acceptors (Lipinski definition) is 7. The maximum absolute atomic E-state index is 12.0. The van der Waals surface area contributed by atoms with E-state index in [2.05, 4.69) is 35.7 Å². The fraction of sp³-hybridized carbons (Fsp3) is 0.750. The molecular weight excluding hydrogens is 529 g/mol.